The van der Waals surface area contributed by atoms with Crippen LogP contribution in [0, 0.1) is 5.92 Å². The lowest BCUT2D eigenvalue weighted by Gasteiger charge is -2.22. The lowest BCUT2D eigenvalue weighted by atomic mass is 10.1. The number of nitrogens with one attached hydrogen (secondary N) is 1. The molecule has 1 fully saturated rings. The van der Waals surface area contributed by atoms with Crippen molar-refractivity contribution in [1.29, 1.82) is 0 Å². The summed E-state index contributed by atoms with van der Waals surface area (Å²) in [5.74, 6) is 0.494. The lowest BCUT2D eigenvalue weighted by molar-refractivity contribution is -0.0877. The van der Waals surface area contributed by atoms with Crippen LogP contribution in [0.5, 0.6) is 0 Å². The van der Waals surface area contributed by atoms with Crippen molar-refractivity contribution >= 4 is 8.03 Å². The molecule has 0 saturated heterocycles. The average Bonchev–Trinajstić information content (AvgIpc) is 2.60. The first kappa shape index (κ1) is 16.0. The van der Waals surface area contributed by atoms with Crippen LogP contribution >= 0.6 is 8.03 Å². The SMILES string of the molecule is CC(C)O[P+](=O)C[C@H]1CC[C@@H](NOC(C)(C)C)C1. The van der Waals surface area contributed by atoms with Gasteiger partial charge in [-0.3, -0.25) is 4.84 Å². The predicted molar refractivity (Wildman–Crippen MR) is 73.8 cm³/mol. The van der Waals surface area contributed by atoms with E-state index in [1.807, 2.05) is 34.6 Å². The molecule has 0 spiro atoms. The van der Waals surface area contributed by atoms with Crippen molar-refractivity contribution < 1.29 is 13.9 Å². The molecule has 0 aromatic rings. The van der Waals surface area contributed by atoms with Crippen molar-refractivity contribution in [1.82, 2.24) is 5.48 Å². The first-order chi connectivity index (χ1) is 8.26. The van der Waals surface area contributed by atoms with Crippen LogP contribution in [0.3, 0.4) is 0 Å². The molecule has 0 aromatic carbocycles. The van der Waals surface area contributed by atoms with Crippen LogP contribution in [-0.4, -0.2) is 23.9 Å². The van der Waals surface area contributed by atoms with E-state index in [1.165, 1.54) is 0 Å². The maximum absolute atomic E-state index is 11.7. The van der Waals surface area contributed by atoms with Crippen LogP contribution in [-0.2, 0) is 13.9 Å². The van der Waals surface area contributed by atoms with Crippen LogP contribution in [0.2, 0.25) is 0 Å². The Morgan fingerprint density at radius 3 is 2.56 bits per heavy atom. The second-order valence-electron chi connectivity index (χ2n) is 6.38. The van der Waals surface area contributed by atoms with Gasteiger partial charge in [-0.1, -0.05) is 0 Å². The van der Waals surface area contributed by atoms with Crippen LogP contribution in [0.25, 0.3) is 0 Å². The van der Waals surface area contributed by atoms with Crippen molar-refractivity contribution in [2.45, 2.75) is 71.6 Å². The Labute approximate surface area is 112 Å². The topological polar surface area (TPSA) is 47.6 Å². The molecule has 5 heteroatoms. The quantitative estimate of drug-likeness (QED) is 0.594. The normalized spacial score (nSPS) is 25.8. The molecule has 0 amide bonds. The van der Waals surface area contributed by atoms with Crippen molar-refractivity contribution in [3.8, 4) is 0 Å². The van der Waals surface area contributed by atoms with E-state index in [4.69, 9.17) is 9.36 Å². The van der Waals surface area contributed by atoms with E-state index in [2.05, 4.69) is 5.48 Å². The van der Waals surface area contributed by atoms with Gasteiger partial charge in [-0.15, -0.1) is 4.52 Å². The molecule has 1 aliphatic rings. The van der Waals surface area contributed by atoms with E-state index in [9.17, 15) is 4.57 Å². The zero-order valence-corrected chi connectivity index (χ0v) is 13.1. The summed E-state index contributed by atoms with van der Waals surface area (Å²) in [6.45, 7) is 9.92. The van der Waals surface area contributed by atoms with E-state index < -0.39 is 8.03 Å². The maximum atomic E-state index is 11.7. The summed E-state index contributed by atoms with van der Waals surface area (Å²) >= 11 is 0. The van der Waals surface area contributed by atoms with E-state index >= 15 is 0 Å². The number of hydrogen-bond donors (Lipinski definition) is 1. The number of hydrogen-bond acceptors (Lipinski definition) is 4. The molecular formula is C13H27NO3P+. The van der Waals surface area contributed by atoms with Crippen LogP contribution < -0.4 is 5.48 Å². The van der Waals surface area contributed by atoms with E-state index in [-0.39, 0.29) is 11.7 Å². The molecule has 0 radical (unpaired) electrons. The molecule has 1 rings (SSSR count). The predicted octanol–water partition coefficient (Wildman–Crippen LogP) is 3.64. The average molecular weight is 276 g/mol. The molecule has 106 valence electrons. The molecule has 1 unspecified atom stereocenters. The summed E-state index contributed by atoms with van der Waals surface area (Å²) in [4.78, 5) is 5.58. The van der Waals surface area contributed by atoms with E-state index in [0.29, 0.717) is 18.1 Å². The molecule has 4 nitrogen and oxygen atoms in total. The van der Waals surface area contributed by atoms with E-state index in [1.54, 1.807) is 0 Å². The maximum Gasteiger partial charge on any atom is 0.508 e. The first-order valence-electron chi connectivity index (χ1n) is 6.81. The Kier molecular flexibility index (Phi) is 6.19. The second-order valence-corrected chi connectivity index (χ2v) is 7.62. The molecule has 18 heavy (non-hydrogen) atoms. The van der Waals surface area contributed by atoms with Crippen LogP contribution in [0.1, 0.15) is 53.9 Å². The molecule has 1 aliphatic carbocycles. The zero-order valence-electron chi connectivity index (χ0n) is 12.2. The standard InChI is InChI=1S/C13H27NO3P/c1-10(2)16-18(15)9-11-6-7-12(8-11)14-17-13(3,4)5/h10-12,14H,6-9H2,1-5H3/q+1/t11-,12+/m0/s1. The number of rotatable bonds is 6. The molecule has 0 heterocycles. The van der Waals surface area contributed by atoms with Gasteiger partial charge < -0.3 is 0 Å². The summed E-state index contributed by atoms with van der Waals surface area (Å²) in [5.41, 5.74) is 2.97. The lowest BCUT2D eigenvalue weighted by Crippen LogP contribution is -2.35. The highest BCUT2D eigenvalue weighted by molar-refractivity contribution is 7.39. The van der Waals surface area contributed by atoms with Gasteiger partial charge in [-0.2, -0.15) is 5.48 Å². The van der Waals surface area contributed by atoms with Crippen LogP contribution in [0.15, 0.2) is 0 Å². The summed E-state index contributed by atoms with van der Waals surface area (Å²) in [7, 11) is -1.50. The third-order valence-electron chi connectivity index (χ3n) is 2.81. The van der Waals surface area contributed by atoms with Gasteiger partial charge >= 0.3 is 8.03 Å². The fraction of sp³-hybridized carbons (Fsp3) is 1.00. The molecule has 3 atom stereocenters. The highest BCUT2D eigenvalue weighted by Crippen LogP contribution is 2.35. The summed E-state index contributed by atoms with van der Waals surface area (Å²) in [5, 5.41) is 0. The third kappa shape index (κ3) is 6.79. The Morgan fingerprint density at radius 1 is 1.33 bits per heavy atom. The molecular weight excluding hydrogens is 249 g/mol. The van der Waals surface area contributed by atoms with Gasteiger partial charge in [0.05, 0.1) is 5.60 Å². The molecule has 0 aromatic heterocycles. The minimum atomic E-state index is -1.50. The largest absolute Gasteiger partial charge is 0.508 e. The monoisotopic (exact) mass is 276 g/mol. The van der Waals surface area contributed by atoms with E-state index in [0.717, 1.165) is 19.3 Å². The first-order valence-corrected chi connectivity index (χ1v) is 8.17. The third-order valence-corrected chi connectivity index (χ3v) is 4.28. The Morgan fingerprint density at radius 2 is 2.00 bits per heavy atom. The number of hydroxylamine groups is 1. The van der Waals surface area contributed by atoms with Crippen molar-refractivity contribution in [2.75, 3.05) is 6.16 Å². The summed E-state index contributed by atoms with van der Waals surface area (Å²) in [6, 6.07) is 0.386. The zero-order chi connectivity index (χ0) is 13.8. The van der Waals surface area contributed by atoms with Gasteiger partial charge in [-0.25, -0.2) is 0 Å². The highest BCUT2D eigenvalue weighted by atomic mass is 31.1. The van der Waals surface area contributed by atoms with Gasteiger partial charge in [0, 0.05) is 12.0 Å². The minimum Gasteiger partial charge on any atom is -0.296 e. The Hall–Kier alpha value is -0.0200. The smallest absolute Gasteiger partial charge is 0.296 e. The van der Waals surface area contributed by atoms with Gasteiger partial charge in [0.1, 0.15) is 6.10 Å². The van der Waals surface area contributed by atoms with Gasteiger partial charge in [0.15, 0.2) is 6.16 Å². The van der Waals surface area contributed by atoms with Crippen molar-refractivity contribution in [3.05, 3.63) is 0 Å². The summed E-state index contributed by atoms with van der Waals surface area (Å²) in [6.07, 6.45) is 3.95. The van der Waals surface area contributed by atoms with Crippen molar-refractivity contribution in [3.63, 3.8) is 0 Å². The van der Waals surface area contributed by atoms with Gasteiger partial charge in [0.2, 0.25) is 0 Å². The molecule has 0 bridgehead atoms. The minimum absolute atomic E-state index is 0.0492. The van der Waals surface area contributed by atoms with Crippen LogP contribution in [0.4, 0.5) is 0 Å². The van der Waals surface area contributed by atoms with Gasteiger partial charge in [-0.05, 0) is 58.4 Å². The molecule has 1 N–H and O–H groups in total. The summed E-state index contributed by atoms with van der Waals surface area (Å²) < 4.78 is 17.0. The van der Waals surface area contributed by atoms with Crippen molar-refractivity contribution in [2.24, 2.45) is 5.92 Å². The Bertz CT molecular complexity index is 276. The fourth-order valence-corrected chi connectivity index (χ4v) is 3.41. The Balaban J connectivity index is 2.23. The highest BCUT2D eigenvalue weighted by Gasteiger charge is 2.33. The molecule has 1 saturated carbocycles. The molecule has 0 aliphatic heterocycles. The fourth-order valence-electron chi connectivity index (χ4n) is 2.10. The van der Waals surface area contributed by atoms with Gasteiger partial charge in [0.25, 0.3) is 0 Å². The second kappa shape index (κ2) is 6.95.